The minimum absolute atomic E-state index is 0.00245. The van der Waals surface area contributed by atoms with Crippen LogP contribution < -0.4 is 15.2 Å². The van der Waals surface area contributed by atoms with Gasteiger partial charge in [0.2, 0.25) is 5.75 Å². The van der Waals surface area contributed by atoms with E-state index in [0.717, 1.165) is 0 Å². The van der Waals surface area contributed by atoms with Crippen LogP contribution in [0.4, 0.5) is 0 Å². The molecule has 0 radical (unpaired) electrons. The summed E-state index contributed by atoms with van der Waals surface area (Å²) >= 11 is 0. The van der Waals surface area contributed by atoms with Crippen LogP contribution in [-0.2, 0) is 0 Å². The third kappa shape index (κ3) is 1.56. The van der Waals surface area contributed by atoms with Gasteiger partial charge in [0.05, 0.1) is 19.8 Å². The molecule has 0 aromatic heterocycles. The first-order valence-corrected chi connectivity index (χ1v) is 3.85. The predicted molar refractivity (Wildman–Crippen MR) is 49.7 cm³/mol. The zero-order valence-corrected chi connectivity index (χ0v) is 7.90. The van der Waals surface area contributed by atoms with Crippen LogP contribution >= 0.6 is 0 Å². The van der Waals surface area contributed by atoms with E-state index in [4.69, 9.17) is 15.2 Å². The lowest BCUT2D eigenvalue weighted by atomic mass is 10.1. The average molecular weight is 197 g/mol. The maximum Gasteiger partial charge on any atom is 0.252 e. The molecular formula is C9H11NO4. The van der Waals surface area contributed by atoms with Crippen LogP contribution in [0.15, 0.2) is 12.1 Å². The van der Waals surface area contributed by atoms with Crippen molar-refractivity contribution in [2.24, 2.45) is 5.73 Å². The Morgan fingerprint density at radius 2 is 2.00 bits per heavy atom. The van der Waals surface area contributed by atoms with Crippen molar-refractivity contribution >= 4 is 5.91 Å². The Balaban J connectivity index is 3.34. The summed E-state index contributed by atoms with van der Waals surface area (Å²) < 4.78 is 9.79. The summed E-state index contributed by atoms with van der Waals surface area (Å²) in [6, 6.07) is 2.87. The van der Waals surface area contributed by atoms with E-state index in [2.05, 4.69) is 0 Å². The first kappa shape index (κ1) is 10.2. The zero-order chi connectivity index (χ0) is 10.7. The maximum atomic E-state index is 10.9. The lowest BCUT2D eigenvalue weighted by molar-refractivity contribution is 0.0997. The van der Waals surface area contributed by atoms with E-state index in [0.29, 0.717) is 5.75 Å². The van der Waals surface area contributed by atoms with E-state index in [1.54, 1.807) is 0 Å². The van der Waals surface area contributed by atoms with Gasteiger partial charge in [-0.2, -0.15) is 0 Å². The van der Waals surface area contributed by atoms with Gasteiger partial charge in [0, 0.05) is 0 Å². The molecule has 0 bridgehead atoms. The summed E-state index contributed by atoms with van der Waals surface area (Å²) in [5.41, 5.74) is 5.04. The number of methoxy groups -OCH3 is 2. The minimum atomic E-state index is -0.719. The molecule has 76 valence electrons. The lowest BCUT2D eigenvalue weighted by Crippen LogP contribution is -2.11. The summed E-state index contributed by atoms with van der Waals surface area (Å²) in [5.74, 6) is -0.582. The first-order chi connectivity index (χ1) is 6.61. The largest absolute Gasteiger partial charge is 0.504 e. The van der Waals surface area contributed by atoms with Gasteiger partial charge in [-0.15, -0.1) is 0 Å². The van der Waals surface area contributed by atoms with E-state index in [9.17, 15) is 9.90 Å². The number of hydrogen-bond donors (Lipinski definition) is 2. The van der Waals surface area contributed by atoms with Crippen molar-refractivity contribution in [3.8, 4) is 17.2 Å². The van der Waals surface area contributed by atoms with Crippen LogP contribution in [0.25, 0.3) is 0 Å². The second-order valence-electron chi connectivity index (χ2n) is 2.56. The van der Waals surface area contributed by atoms with Gasteiger partial charge >= 0.3 is 0 Å². The highest BCUT2D eigenvalue weighted by molar-refractivity contribution is 5.96. The van der Waals surface area contributed by atoms with Gasteiger partial charge in [-0.25, -0.2) is 0 Å². The summed E-state index contributed by atoms with van der Waals surface area (Å²) in [6.45, 7) is 0. The highest BCUT2D eigenvalue weighted by Crippen LogP contribution is 2.38. The molecule has 5 heteroatoms. The first-order valence-electron chi connectivity index (χ1n) is 3.85. The fraction of sp³-hybridized carbons (Fsp3) is 0.222. The van der Waals surface area contributed by atoms with Gasteiger partial charge in [-0.1, -0.05) is 0 Å². The Morgan fingerprint density at radius 1 is 1.36 bits per heavy atom. The van der Waals surface area contributed by atoms with Gasteiger partial charge in [-0.3, -0.25) is 4.79 Å². The Labute approximate surface area is 81.0 Å². The summed E-state index contributed by atoms with van der Waals surface area (Å²) in [5, 5.41) is 9.57. The van der Waals surface area contributed by atoms with Crippen LogP contribution in [0.1, 0.15) is 10.4 Å². The number of hydrogen-bond acceptors (Lipinski definition) is 4. The number of carbonyl (C=O) groups is 1. The molecule has 14 heavy (non-hydrogen) atoms. The third-order valence-corrected chi connectivity index (χ3v) is 1.78. The van der Waals surface area contributed by atoms with Crippen molar-refractivity contribution in [2.75, 3.05) is 14.2 Å². The molecule has 0 aliphatic carbocycles. The molecule has 0 fully saturated rings. The molecule has 0 aliphatic heterocycles. The Hall–Kier alpha value is -1.91. The molecule has 0 atom stereocenters. The molecule has 0 aliphatic rings. The van der Waals surface area contributed by atoms with Crippen molar-refractivity contribution in [3.63, 3.8) is 0 Å². The number of nitrogens with two attached hydrogens (primary N) is 1. The second kappa shape index (κ2) is 3.87. The predicted octanol–water partition coefficient (Wildman–Crippen LogP) is 0.508. The van der Waals surface area contributed by atoms with Crippen molar-refractivity contribution in [2.45, 2.75) is 0 Å². The molecule has 1 aromatic carbocycles. The molecule has 0 saturated heterocycles. The maximum absolute atomic E-state index is 10.9. The molecule has 1 rings (SSSR count). The van der Waals surface area contributed by atoms with Gasteiger partial charge in [0.1, 0.15) is 0 Å². The van der Waals surface area contributed by atoms with E-state index >= 15 is 0 Å². The number of benzene rings is 1. The van der Waals surface area contributed by atoms with Crippen molar-refractivity contribution in [1.29, 1.82) is 0 Å². The Bertz CT molecular complexity index is 362. The lowest BCUT2D eigenvalue weighted by Gasteiger charge is -2.10. The van der Waals surface area contributed by atoms with Gasteiger partial charge in [0.25, 0.3) is 5.91 Å². The minimum Gasteiger partial charge on any atom is -0.504 e. The molecule has 1 aromatic rings. The van der Waals surface area contributed by atoms with E-state index in [1.165, 1.54) is 26.4 Å². The Morgan fingerprint density at radius 3 is 2.43 bits per heavy atom. The van der Waals surface area contributed by atoms with Gasteiger partial charge in [-0.05, 0) is 12.1 Å². The quantitative estimate of drug-likeness (QED) is 0.739. The summed E-state index contributed by atoms with van der Waals surface area (Å²) in [4.78, 5) is 10.9. The van der Waals surface area contributed by atoms with E-state index in [-0.39, 0.29) is 17.1 Å². The molecular weight excluding hydrogens is 186 g/mol. The number of rotatable bonds is 3. The van der Waals surface area contributed by atoms with E-state index < -0.39 is 5.91 Å². The SMILES string of the molecule is COc1ccc(C(N)=O)c(O)c1OC. The van der Waals surface area contributed by atoms with Crippen molar-refractivity contribution in [3.05, 3.63) is 17.7 Å². The van der Waals surface area contributed by atoms with Crippen LogP contribution in [0.3, 0.4) is 0 Å². The number of aromatic hydroxyl groups is 1. The fourth-order valence-corrected chi connectivity index (χ4v) is 1.11. The molecule has 0 heterocycles. The highest BCUT2D eigenvalue weighted by atomic mass is 16.5. The third-order valence-electron chi connectivity index (χ3n) is 1.78. The van der Waals surface area contributed by atoms with Gasteiger partial charge < -0.3 is 20.3 Å². The number of phenols is 1. The summed E-state index contributed by atoms with van der Waals surface area (Å²) in [7, 11) is 2.80. The molecule has 0 unspecified atom stereocenters. The van der Waals surface area contributed by atoms with Crippen LogP contribution in [0.2, 0.25) is 0 Å². The molecule has 5 nitrogen and oxygen atoms in total. The number of ether oxygens (including phenoxy) is 2. The fourth-order valence-electron chi connectivity index (χ4n) is 1.11. The second-order valence-corrected chi connectivity index (χ2v) is 2.56. The van der Waals surface area contributed by atoms with E-state index in [1.807, 2.05) is 0 Å². The smallest absolute Gasteiger partial charge is 0.252 e. The average Bonchev–Trinajstić information content (AvgIpc) is 2.16. The van der Waals surface area contributed by atoms with Crippen LogP contribution in [0.5, 0.6) is 17.2 Å². The normalized spacial score (nSPS) is 9.57. The topological polar surface area (TPSA) is 81.8 Å². The number of carbonyl (C=O) groups excluding carboxylic acids is 1. The highest BCUT2D eigenvalue weighted by Gasteiger charge is 2.16. The van der Waals surface area contributed by atoms with Crippen molar-refractivity contribution < 1.29 is 19.4 Å². The molecule has 0 spiro atoms. The van der Waals surface area contributed by atoms with Gasteiger partial charge in [0.15, 0.2) is 11.5 Å². The Kier molecular flexibility index (Phi) is 2.81. The zero-order valence-electron chi connectivity index (χ0n) is 7.90. The number of primary amides is 1. The molecule has 3 N–H and O–H groups in total. The molecule has 0 saturated carbocycles. The number of amides is 1. The van der Waals surface area contributed by atoms with Crippen LogP contribution in [-0.4, -0.2) is 25.2 Å². The van der Waals surface area contributed by atoms with Crippen LogP contribution in [0, 0.1) is 0 Å². The molecule has 1 amide bonds. The standard InChI is InChI=1S/C9H11NO4/c1-13-6-4-3-5(9(10)12)7(11)8(6)14-2/h3-4,11H,1-2H3,(H2,10,12). The summed E-state index contributed by atoms with van der Waals surface area (Å²) in [6.07, 6.45) is 0. The monoisotopic (exact) mass is 197 g/mol. The van der Waals surface area contributed by atoms with Crippen molar-refractivity contribution in [1.82, 2.24) is 0 Å².